The number of nitrogens with zero attached hydrogens (tertiary/aromatic N) is 7. The lowest BCUT2D eigenvalue weighted by molar-refractivity contribution is -0.391. The molecule has 150 valence electrons. The first-order chi connectivity index (χ1) is 13.9. The Hall–Kier alpha value is -3.05. The third-order valence-corrected chi connectivity index (χ3v) is 5.88. The Morgan fingerprint density at radius 3 is 2.66 bits per heavy atom. The van der Waals surface area contributed by atoms with Crippen molar-refractivity contribution in [1.29, 1.82) is 0 Å². The van der Waals surface area contributed by atoms with E-state index in [0.717, 1.165) is 0 Å². The predicted molar refractivity (Wildman–Crippen MR) is 108 cm³/mol. The molecular formula is C17H16ClN7O3S. The third-order valence-electron chi connectivity index (χ3n) is 4.67. The largest absolute Gasteiger partial charge is 0.358 e. The molecule has 4 rings (SSSR count). The number of amides is 1. The van der Waals surface area contributed by atoms with E-state index < -0.39 is 4.92 Å². The summed E-state index contributed by atoms with van der Waals surface area (Å²) in [6.07, 6.45) is 1.20. The molecule has 0 radical (unpaired) electrons. The molecule has 0 aliphatic carbocycles. The Balaban J connectivity index is 1.43. The van der Waals surface area contributed by atoms with Crippen molar-refractivity contribution in [3.8, 4) is 10.8 Å². The SMILES string of the molecule is Cn1c([N+](=O)[O-])cnc1-c1nnc(N2CCN(C(=O)c3cccc(Cl)c3)CC2)s1. The van der Waals surface area contributed by atoms with Gasteiger partial charge in [-0.2, -0.15) is 0 Å². The van der Waals surface area contributed by atoms with E-state index in [0.29, 0.717) is 52.7 Å². The molecule has 0 N–H and O–H groups in total. The van der Waals surface area contributed by atoms with Crippen LogP contribution in [-0.2, 0) is 7.05 Å². The molecule has 0 bridgehead atoms. The average Bonchev–Trinajstić information content (AvgIpc) is 3.34. The fourth-order valence-electron chi connectivity index (χ4n) is 3.11. The normalized spacial score (nSPS) is 14.3. The molecule has 1 saturated heterocycles. The highest BCUT2D eigenvalue weighted by Crippen LogP contribution is 2.30. The number of halogens is 1. The van der Waals surface area contributed by atoms with Gasteiger partial charge in [0.2, 0.25) is 10.1 Å². The molecular weight excluding hydrogens is 418 g/mol. The smallest absolute Gasteiger partial charge is 0.342 e. The number of aromatic nitrogens is 4. The lowest BCUT2D eigenvalue weighted by Crippen LogP contribution is -2.48. The van der Waals surface area contributed by atoms with Gasteiger partial charge in [0.15, 0.2) is 0 Å². The molecule has 3 aromatic rings. The van der Waals surface area contributed by atoms with Gasteiger partial charge in [0.05, 0.1) is 7.05 Å². The first-order valence-corrected chi connectivity index (χ1v) is 9.93. The quantitative estimate of drug-likeness (QED) is 0.459. The van der Waals surface area contributed by atoms with Crippen LogP contribution in [0.5, 0.6) is 0 Å². The number of hydrogen-bond acceptors (Lipinski definition) is 8. The summed E-state index contributed by atoms with van der Waals surface area (Å²) in [6, 6.07) is 6.92. The lowest BCUT2D eigenvalue weighted by atomic mass is 10.2. The molecule has 1 aliphatic rings. The zero-order chi connectivity index (χ0) is 20.5. The minimum absolute atomic E-state index is 0.0505. The lowest BCUT2D eigenvalue weighted by Gasteiger charge is -2.34. The molecule has 0 spiro atoms. The minimum atomic E-state index is -0.491. The molecule has 2 aromatic heterocycles. The van der Waals surface area contributed by atoms with Gasteiger partial charge in [0.25, 0.3) is 11.7 Å². The van der Waals surface area contributed by atoms with Gasteiger partial charge >= 0.3 is 5.82 Å². The van der Waals surface area contributed by atoms with Crippen LogP contribution in [0.25, 0.3) is 10.8 Å². The Morgan fingerprint density at radius 2 is 2.00 bits per heavy atom. The fourth-order valence-corrected chi connectivity index (χ4v) is 4.23. The summed E-state index contributed by atoms with van der Waals surface area (Å²) in [6.45, 7) is 2.32. The Morgan fingerprint density at radius 1 is 1.24 bits per heavy atom. The first-order valence-electron chi connectivity index (χ1n) is 8.74. The summed E-state index contributed by atoms with van der Waals surface area (Å²) in [5.74, 6) is 0.241. The van der Waals surface area contributed by atoms with Crippen molar-refractivity contribution < 1.29 is 9.72 Å². The highest BCUT2D eigenvalue weighted by atomic mass is 35.5. The van der Waals surface area contributed by atoms with Gasteiger partial charge in [-0.25, -0.2) is 9.55 Å². The van der Waals surface area contributed by atoms with Crippen molar-refractivity contribution in [2.24, 2.45) is 7.05 Å². The summed E-state index contributed by atoms with van der Waals surface area (Å²) in [7, 11) is 1.57. The third kappa shape index (κ3) is 3.78. The van der Waals surface area contributed by atoms with E-state index in [2.05, 4.69) is 15.2 Å². The van der Waals surface area contributed by atoms with Gasteiger partial charge in [-0.1, -0.05) is 29.0 Å². The first kappa shape index (κ1) is 19.3. The van der Waals surface area contributed by atoms with Crippen molar-refractivity contribution in [1.82, 2.24) is 24.6 Å². The second kappa shape index (κ2) is 7.76. The van der Waals surface area contributed by atoms with Crippen molar-refractivity contribution in [2.45, 2.75) is 0 Å². The number of hydrogen-bond donors (Lipinski definition) is 0. The van der Waals surface area contributed by atoms with Gasteiger partial charge in [-0.05, 0) is 23.1 Å². The van der Waals surface area contributed by atoms with Gasteiger partial charge < -0.3 is 19.9 Å². The number of anilines is 1. The van der Waals surface area contributed by atoms with Crippen LogP contribution in [0.3, 0.4) is 0 Å². The summed E-state index contributed by atoms with van der Waals surface area (Å²) in [4.78, 5) is 31.0. The number of carbonyl (C=O) groups excluding carboxylic acids is 1. The minimum Gasteiger partial charge on any atom is -0.358 e. The second-order valence-corrected chi connectivity index (χ2v) is 7.83. The van der Waals surface area contributed by atoms with Crippen LogP contribution in [0.15, 0.2) is 30.5 Å². The molecule has 1 fully saturated rings. The fraction of sp³-hybridized carbons (Fsp3) is 0.294. The standard InChI is InChI=1S/C17H16ClN7O3S/c1-22-13(25(27)28)10-19-14(22)15-20-21-17(29-15)24-7-5-23(6-8-24)16(26)11-3-2-4-12(18)9-11/h2-4,9-10H,5-8H2,1H3. The van der Waals surface area contributed by atoms with Gasteiger partial charge in [0, 0.05) is 36.8 Å². The summed E-state index contributed by atoms with van der Waals surface area (Å²) in [5.41, 5.74) is 0.570. The molecule has 0 atom stereocenters. The van der Waals surface area contributed by atoms with Crippen molar-refractivity contribution in [3.05, 3.63) is 51.2 Å². The highest BCUT2D eigenvalue weighted by molar-refractivity contribution is 7.18. The number of rotatable bonds is 4. The topological polar surface area (TPSA) is 110 Å². The van der Waals surface area contributed by atoms with Crippen LogP contribution < -0.4 is 4.90 Å². The molecule has 0 unspecified atom stereocenters. The number of carbonyl (C=O) groups is 1. The van der Waals surface area contributed by atoms with Crippen molar-refractivity contribution in [2.75, 3.05) is 31.1 Å². The number of imidazole rings is 1. The Labute approximate surface area is 174 Å². The maximum absolute atomic E-state index is 12.6. The van der Waals surface area contributed by atoms with E-state index >= 15 is 0 Å². The maximum atomic E-state index is 12.6. The van der Waals surface area contributed by atoms with E-state index in [1.54, 1.807) is 36.2 Å². The molecule has 1 aliphatic heterocycles. The molecule has 10 nitrogen and oxygen atoms in total. The van der Waals surface area contributed by atoms with Crippen molar-refractivity contribution in [3.63, 3.8) is 0 Å². The van der Waals surface area contributed by atoms with E-state index in [9.17, 15) is 14.9 Å². The van der Waals surface area contributed by atoms with E-state index in [1.807, 2.05) is 4.90 Å². The molecule has 3 heterocycles. The molecule has 29 heavy (non-hydrogen) atoms. The second-order valence-electron chi connectivity index (χ2n) is 6.44. The number of nitro groups is 1. The zero-order valence-electron chi connectivity index (χ0n) is 15.4. The maximum Gasteiger partial charge on any atom is 0.342 e. The van der Waals surface area contributed by atoms with Crippen LogP contribution >= 0.6 is 22.9 Å². The monoisotopic (exact) mass is 433 g/mol. The number of benzene rings is 1. The van der Waals surface area contributed by atoms with Gasteiger partial charge in [-0.15, -0.1) is 10.2 Å². The van der Waals surface area contributed by atoms with E-state index in [1.165, 1.54) is 22.1 Å². The van der Waals surface area contributed by atoms with Crippen LogP contribution in [0.4, 0.5) is 10.9 Å². The summed E-state index contributed by atoms with van der Waals surface area (Å²) >= 11 is 7.29. The van der Waals surface area contributed by atoms with Crippen LogP contribution in [0.1, 0.15) is 10.4 Å². The van der Waals surface area contributed by atoms with Gasteiger partial charge in [-0.3, -0.25) is 4.79 Å². The number of piperazine rings is 1. The van der Waals surface area contributed by atoms with Crippen LogP contribution in [-0.4, -0.2) is 61.7 Å². The van der Waals surface area contributed by atoms with E-state index in [-0.39, 0.29) is 11.7 Å². The summed E-state index contributed by atoms with van der Waals surface area (Å²) < 4.78 is 1.38. The molecule has 1 amide bonds. The predicted octanol–water partition coefficient (Wildman–Crippen LogP) is 2.46. The molecule has 1 aromatic carbocycles. The summed E-state index contributed by atoms with van der Waals surface area (Å²) in [5, 5.41) is 21.1. The Bertz CT molecular complexity index is 1070. The molecule has 0 saturated carbocycles. The molecule has 12 heteroatoms. The van der Waals surface area contributed by atoms with Crippen LogP contribution in [0.2, 0.25) is 5.02 Å². The Kier molecular flexibility index (Phi) is 5.16. The average molecular weight is 434 g/mol. The highest BCUT2D eigenvalue weighted by Gasteiger charge is 2.26. The van der Waals surface area contributed by atoms with Crippen LogP contribution in [0, 0.1) is 10.1 Å². The zero-order valence-corrected chi connectivity index (χ0v) is 16.9. The van der Waals surface area contributed by atoms with E-state index in [4.69, 9.17) is 11.6 Å². The van der Waals surface area contributed by atoms with Crippen molar-refractivity contribution >= 4 is 39.8 Å². The van der Waals surface area contributed by atoms with Gasteiger partial charge in [0.1, 0.15) is 6.20 Å².